The van der Waals surface area contributed by atoms with Gasteiger partial charge in [-0.25, -0.2) is 9.97 Å². The molecular weight excluding hydrogens is 384 g/mol. The Labute approximate surface area is 182 Å². The van der Waals surface area contributed by atoms with E-state index in [-0.39, 0.29) is 0 Å². The molecule has 1 aromatic carbocycles. The summed E-state index contributed by atoms with van der Waals surface area (Å²) in [5, 5.41) is 3.47. The second-order valence-electron chi connectivity index (χ2n) is 8.23. The Morgan fingerprint density at radius 2 is 1.77 bits per heavy atom. The normalized spacial score (nSPS) is 20.8. The van der Waals surface area contributed by atoms with Crippen LogP contribution in [0.5, 0.6) is 0 Å². The summed E-state index contributed by atoms with van der Waals surface area (Å²) in [4.78, 5) is 18.1. The first-order chi connectivity index (χ1) is 15.3. The summed E-state index contributed by atoms with van der Waals surface area (Å²) in [5.74, 6) is 14.1. The Kier molecular flexibility index (Phi) is 5.58. The molecule has 2 fully saturated rings. The van der Waals surface area contributed by atoms with Gasteiger partial charge in [0.05, 0.1) is 30.2 Å². The molecule has 3 N–H and O–H groups in total. The van der Waals surface area contributed by atoms with Crippen LogP contribution < -0.4 is 5.32 Å². The summed E-state index contributed by atoms with van der Waals surface area (Å²) >= 11 is 0. The van der Waals surface area contributed by atoms with Gasteiger partial charge in [-0.05, 0) is 81.3 Å². The maximum Gasteiger partial charge on any atom is 0.124 e. The predicted octanol–water partition coefficient (Wildman–Crippen LogP) is 3.39. The molecule has 3 aromatic rings. The number of nitrogens with one attached hydrogen (secondary N) is 3. The van der Waals surface area contributed by atoms with Crippen molar-refractivity contribution in [2.24, 2.45) is 0 Å². The fourth-order valence-corrected chi connectivity index (χ4v) is 4.34. The summed E-state index contributed by atoms with van der Waals surface area (Å²) in [6.07, 6.45) is 8.40. The lowest BCUT2D eigenvalue weighted by molar-refractivity contribution is 0.307. The third-order valence-electron chi connectivity index (χ3n) is 6.08. The van der Waals surface area contributed by atoms with Crippen LogP contribution in [0.25, 0.3) is 11.3 Å². The van der Waals surface area contributed by atoms with Gasteiger partial charge in [-0.15, -0.1) is 0 Å². The molecule has 5 rings (SSSR count). The molecule has 31 heavy (non-hydrogen) atoms. The minimum absolute atomic E-state index is 0.350. The van der Waals surface area contributed by atoms with E-state index in [2.05, 4.69) is 73.0 Å². The summed E-state index contributed by atoms with van der Waals surface area (Å²) in [5.41, 5.74) is 3.89. The molecule has 2 atom stereocenters. The maximum atomic E-state index is 4.54. The van der Waals surface area contributed by atoms with Gasteiger partial charge >= 0.3 is 0 Å². The summed E-state index contributed by atoms with van der Waals surface area (Å²) < 4.78 is 0. The van der Waals surface area contributed by atoms with Crippen molar-refractivity contribution in [1.29, 1.82) is 0 Å². The van der Waals surface area contributed by atoms with E-state index in [4.69, 9.17) is 0 Å². The molecule has 2 aliphatic heterocycles. The molecule has 0 aliphatic carbocycles. The first-order valence-corrected chi connectivity index (χ1v) is 10.9. The standard InChI is InChI=1S/C25H26N6/c1-31-15-5-9-23(31)25-27-16-20(29-25)7-3-2-6-18-10-12-19(13-11-18)22-17-28-24(30-22)21-8-4-14-26-21/h10-13,16-17,21,23,26H,4-5,8-9,14-15H2,1H3,(H,27,29)(H,28,30). The molecule has 2 saturated heterocycles. The van der Waals surface area contributed by atoms with E-state index >= 15 is 0 Å². The number of hydrogen-bond donors (Lipinski definition) is 3. The van der Waals surface area contributed by atoms with Gasteiger partial charge in [0, 0.05) is 5.56 Å². The largest absolute Gasteiger partial charge is 0.341 e. The number of benzene rings is 1. The van der Waals surface area contributed by atoms with E-state index in [1.165, 1.54) is 12.8 Å². The van der Waals surface area contributed by atoms with Gasteiger partial charge in [0.15, 0.2) is 0 Å². The number of aromatic nitrogens is 4. The van der Waals surface area contributed by atoms with Crippen molar-refractivity contribution in [3.8, 4) is 34.9 Å². The van der Waals surface area contributed by atoms with Crippen molar-refractivity contribution in [3.05, 3.63) is 59.6 Å². The minimum Gasteiger partial charge on any atom is -0.341 e. The fourth-order valence-electron chi connectivity index (χ4n) is 4.34. The second-order valence-corrected chi connectivity index (χ2v) is 8.23. The van der Waals surface area contributed by atoms with Gasteiger partial charge in [0.2, 0.25) is 0 Å². The molecule has 6 nitrogen and oxygen atoms in total. The van der Waals surface area contributed by atoms with Crippen LogP contribution in [0.4, 0.5) is 0 Å². The molecule has 2 aliphatic rings. The van der Waals surface area contributed by atoms with Gasteiger partial charge in [-0.3, -0.25) is 4.90 Å². The molecular formula is C25H26N6. The van der Waals surface area contributed by atoms with Crippen molar-refractivity contribution >= 4 is 0 Å². The molecule has 0 spiro atoms. The highest BCUT2D eigenvalue weighted by Crippen LogP contribution is 2.28. The van der Waals surface area contributed by atoms with E-state index < -0.39 is 0 Å². The van der Waals surface area contributed by atoms with Gasteiger partial charge in [-0.1, -0.05) is 18.1 Å². The van der Waals surface area contributed by atoms with Crippen LogP contribution in [0.2, 0.25) is 0 Å². The topological polar surface area (TPSA) is 72.6 Å². The molecule has 0 amide bonds. The van der Waals surface area contributed by atoms with Crippen molar-refractivity contribution in [1.82, 2.24) is 30.2 Å². The molecule has 0 saturated carbocycles. The number of rotatable bonds is 3. The summed E-state index contributed by atoms with van der Waals surface area (Å²) in [6, 6.07) is 8.89. The lowest BCUT2D eigenvalue weighted by Crippen LogP contribution is -2.18. The Morgan fingerprint density at radius 3 is 2.55 bits per heavy atom. The Bertz CT molecular complexity index is 1160. The SMILES string of the molecule is CN1CCCC1c1ncc(C#CC#Cc2ccc(-c3cnc(C4CCCN4)[nH]3)cc2)[nH]1. The second kappa shape index (κ2) is 8.81. The lowest BCUT2D eigenvalue weighted by atomic mass is 10.1. The number of nitrogens with zero attached hydrogens (tertiary/aromatic N) is 3. The summed E-state index contributed by atoms with van der Waals surface area (Å²) in [7, 11) is 2.14. The zero-order valence-corrected chi connectivity index (χ0v) is 17.7. The monoisotopic (exact) mass is 410 g/mol. The molecule has 0 radical (unpaired) electrons. The van der Waals surface area contributed by atoms with Crippen LogP contribution in [0.15, 0.2) is 36.7 Å². The van der Waals surface area contributed by atoms with Gasteiger partial charge < -0.3 is 15.3 Å². The first-order valence-electron chi connectivity index (χ1n) is 10.9. The minimum atomic E-state index is 0.350. The quantitative estimate of drug-likeness (QED) is 0.579. The number of likely N-dealkylation sites (tertiary alicyclic amines) is 1. The first kappa shape index (κ1) is 19.6. The highest BCUT2D eigenvalue weighted by Gasteiger charge is 2.24. The predicted molar refractivity (Wildman–Crippen MR) is 121 cm³/mol. The number of hydrogen-bond acceptors (Lipinski definition) is 4. The van der Waals surface area contributed by atoms with Gasteiger partial charge in [-0.2, -0.15) is 0 Å². The number of imidazole rings is 2. The third-order valence-corrected chi connectivity index (χ3v) is 6.08. The van der Waals surface area contributed by atoms with Crippen molar-refractivity contribution < 1.29 is 0 Å². The van der Waals surface area contributed by atoms with E-state index in [0.717, 1.165) is 60.1 Å². The zero-order chi connectivity index (χ0) is 21.0. The molecule has 0 bridgehead atoms. The van der Waals surface area contributed by atoms with E-state index in [9.17, 15) is 0 Å². The van der Waals surface area contributed by atoms with E-state index in [0.29, 0.717) is 12.1 Å². The van der Waals surface area contributed by atoms with Crippen molar-refractivity contribution in [2.45, 2.75) is 37.8 Å². The van der Waals surface area contributed by atoms with Crippen LogP contribution in [-0.4, -0.2) is 45.0 Å². The molecule has 2 aromatic heterocycles. The molecule has 4 heterocycles. The average Bonchev–Trinajstić information content (AvgIpc) is 3.59. The molecule has 6 heteroatoms. The maximum absolute atomic E-state index is 4.54. The van der Waals surface area contributed by atoms with E-state index in [1.807, 2.05) is 18.3 Å². The number of H-pyrrole nitrogens is 2. The lowest BCUT2D eigenvalue weighted by Gasteiger charge is -2.16. The van der Waals surface area contributed by atoms with Crippen LogP contribution in [0.3, 0.4) is 0 Å². The summed E-state index contributed by atoms with van der Waals surface area (Å²) in [6.45, 7) is 2.19. The smallest absolute Gasteiger partial charge is 0.124 e. The van der Waals surface area contributed by atoms with Crippen LogP contribution >= 0.6 is 0 Å². The highest BCUT2D eigenvalue weighted by molar-refractivity contribution is 5.60. The molecule has 2 unspecified atom stereocenters. The fraction of sp³-hybridized carbons (Fsp3) is 0.360. The van der Waals surface area contributed by atoms with Gasteiger partial charge in [0.1, 0.15) is 17.3 Å². The van der Waals surface area contributed by atoms with Crippen molar-refractivity contribution in [3.63, 3.8) is 0 Å². The molecule has 156 valence electrons. The average molecular weight is 411 g/mol. The Balaban J connectivity index is 1.22. The van der Waals surface area contributed by atoms with E-state index in [1.54, 1.807) is 6.20 Å². The Morgan fingerprint density at radius 1 is 0.935 bits per heavy atom. The van der Waals surface area contributed by atoms with Crippen molar-refractivity contribution in [2.75, 3.05) is 20.1 Å². The van der Waals surface area contributed by atoms with Crippen LogP contribution in [0, 0.1) is 23.7 Å². The van der Waals surface area contributed by atoms with Crippen LogP contribution in [-0.2, 0) is 0 Å². The Hall–Kier alpha value is -3.32. The number of aromatic amines is 2. The third kappa shape index (κ3) is 4.41. The highest BCUT2D eigenvalue weighted by atomic mass is 15.2. The van der Waals surface area contributed by atoms with Crippen LogP contribution in [0.1, 0.15) is 60.7 Å². The van der Waals surface area contributed by atoms with Gasteiger partial charge in [0.25, 0.3) is 0 Å². The zero-order valence-electron chi connectivity index (χ0n) is 17.7.